The largest absolute Gasteiger partial charge is 0.342 e. The highest BCUT2D eigenvalue weighted by Gasteiger charge is 2.12. The van der Waals surface area contributed by atoms with E-state index in [1.54, 1.807) is 6.20 Å². The van der Waals surface area contributed by atoms with Crippen LogP contribution in [0.1, 0.15) is 12.7 Å². The molecular weight excluding hydrogens is 276 g/mol. The molecular formula is C12H12Cl2FN3. The molecule has 1 aromatic carbocycles. The molecule has 1 unspecified atom stereocenters. The molecule has 0 aliphatic rings. The first-order valence-electron chi connectivity index (χ1n) is 5.41. The number of aromatic nitrogens is 2. The number of nitrogens with one attached hydrogen (secondary N) is 1. The Labute approximate surface area is 114 Å². The summed E-state index contributed by atoms with van der Waals surface area (Å²) in [5.74, 6) is 0.228. The van der Waals surface area contributed by atoms with Crippen molar-refractivity contribution in [2.24, 2.45) is 5.73 Å². The van der Waals surface area contributed by atoms with Crippen molar-refractivity contribution in [2.45, 2.75) is 19.4 Å². The summed E-state index contributed by atoms with van der Waals surface area (Å²) in [6.07, 6.45) is 2.22. The number of hydrogen-bond donors (Lipinski definition) is 2. The van der Waals surface area contributed by atoms with Gasteiger partial charge in [-0.1, -0.05) is 23.2 Å². The Morgan fingerprint density at radius 3 is 2.78 bits per heavy atom. The highest BCUT2D eigenvalue weighted by Crippen LogP contribution is 2.31. The molecule has 1 heterocycles. The average molecular weight is 288 g/mol. The Balaban J connectivity index is 2.37. The molecule has 0 amide bonds. The standard InChI is InChI=1S/C12H12Cl2FN3/c1-6(16)2-12-17-5-11(18-12)7-3-10(15)9(14)4-8(7)13/h3-6H,2,16H2,1H3,(H,17,18). The lowest BCUT2D eigenvalue weighted by molar-refractivity contribution is 0.628. The maximum absolute atomic E-state index is 13.4. The van der Waals surface area contributed by atoms with Gasteiger partial charge in [0.2, 0.25) is 0 Å². The molecule has 1 aromatic heterocycles. The maximum atomic E-state index is 13.4. The molecule has 0 aliphatic carbocycles. The molecule has 3 nitrogen and oxygen atoms in total. The van der Waals surface area contributed by atoms with Gasteiger partial charge in [0, 0.05) is 18.0 Å². The van der Waals surface area contributed by atoms with Gasteiger partial charge in [-0.05, 0) is 19.1 Å². The molecule has 18 heavy (non-hydrogen) atoms. The first-order chi connectivity index (χ1) is 8.47. The number of halogens is 3. The van der Waals surface area contributed by atoms with Crippen molar-refractivity contribution in [3.05, 3.63) is 40.0 Å². The third-order valence-corrected chi connectivity index (χ3v) is 3.05. The van der Waals surface area contributed by atoms with E-state index in [1.165, 1.54) is 12.1 Å². The number of nitrogens with zero attached hydrogens (tertiary/aromatic N) is 1. The van der Waals surface area contributed by atoms with Gasteiger partial charge in [0.1, 0.15) is 11.6 Å². The predicted octanol–water partition coefficient (Wildman–Crippen LogP) is 3.41. The van der Waals surface area contributed by atoms with Gasteiger partial charge >= 0.3 is 0 Å². The summed E-state index contributed by atoms with van der Waals surface area (Å²) in [5, 5.41) is 0.372. The number of rotatable bonds is 3. The second-order valence-electron chi connectivity index (χ2n) is 4.17. The van der Waals surface area contributed by atoms with Crippen LogP contribution in [-0.4, -0.2) is 16.0 Å². The van der Waals surface area contributed by atoms with Gasteiger partial charge in [0.15, 0.2) is 0 Å². The summed E-state index contributed by atoms with van der Waals surface area (Å²) < 4.78 is 13.4. The van der Waals surface area contributed by atoms with Crippen LogP contribution in [0.15, 0.2) is 18.3 Å². The maximum Gasteiger partial charge on any atom is 0.142 e. The topological polar surface area (TPSA) is 54.7 Å². The molecule has 3 N–H and O–H groups in total. The van der Waals surface area contributed by atoms with Gasteiger partial charge in [-0.25, -0.2) is 9.37 Å². The van der Waals surface area contributed by atoms with Gasteiger partial charge in [-0.15, -0.1) is 0 Å². The van der Waals surface area contributed by atoms with E-state index in [9.17, 15) is 4.39 Å². The van der Waals surface area contributed by atoms with E-state index in [1.807, 2.05) is 6.92 Å². The fourth-order valence-corrected chi connectivity index (χ4v) is 2.12. The van der Waals surface area contributed by atoms with E-state index in [0.717, 1.165) is 5.82 Å². The first kappa shape index (κ1) is 13.3. The third-order valence-electron chi connectivity index (χ3n) is 2.44. The van der Waals surface area contributed by atoms with E-state index in [-0.39, 0.29) is 11.1 Å². The molecule has 0 fully saturated rings. The minimum absolute atomic E-state index is 0.000862. The van der Waals surface area contributed by atoms with Gasteiger partial charge in [-0.2, -0.15) is 0 Å². The van der Waals surface area contributed by atoms with Crippen LogP contribution < -0.4 is 5.73 Å². The van der Waals surface area contributed by atoms with Crippen LogP contribution in [0.3, 0.4) is 0 Å². The van der Waals surface area contributed by atoms with Crippen molar-refractivity contribution < 1.29 is 4.39 Å². The zero-order valence-electron chi connectivity index (χ0n) is 9.67. The highest BCUT2D eigenvalue weighted by molar-refractivity contribution is 6.36. The Hall–Kier alpha value is -1.10. The van der Waals surface area contributed by atoms with Crippen LogP contribution in [0.25, 0.3) is 11.3 Å². The highest BCUT2D eigenvalue weighted by atomic mass is 35.5. The molecule has 96 valence electrons. The Morgan fingerprint density at radius 2 is 2.11 bits per heavy atom. The summed E-state index contributed by atoms with van der Waals surface area (Å²) in [4.78, 5) is 7.24. The van der Waals surface area contributed by atoms with Crippen LogP contribution in [0.5, 0.6) is 0 Å². The van der Waals surface area contributed by atoms with E-state index in [4.69, 9.17) is 28.9 Å². The van der Waals surface area contributed by atoms with Gasteiger partial charge in [0.25, 0.3) is 0 Å². The van der Waals surface area contributed by atoms with Crippen LogP contribution in [0, 0.1) is 5.82 Å². The fourth-order valence-electron chi connectivity index (χ4n) is 1.64. The number of H-pyrrole nitrogens is 1. The smallest absolute Gasteiger partial charge is 0.142 e. The summed E-state index contributed by atoms with van der Waals surface area (Å²) >= 11 is 11.7. The number of aromatic amines is 1. The van der Waals surface area contributed by atoms with E-state index >= 15 is 0 Å². The van der Waals surface area contributed by atoms with Crippen molar-refractivity contribution in [1.29, 1.82) is 0 Å². The van der Waals surface area contributed by atoms with Crippen LogP contribution in [-0.2, 0) is 6.42 Å². The molecule has 0 saturated carbocycles. The normalized spacial score (nSPS) is 12.7. The van der Waals surface area contributed by atoms with Crippen molar-refractivity contribution in [2.75, 3.05) is 0 Å². The van der Waals surface area contributed by atoms with Crippen molar-refractivity contribution in [3.63, 3.8) is 0 Å². The Morgan fingerprint density at radius 1 is 1.39 bits per heavy atom. The Kier molecular flexibility index (Phi) is 3.90. The Bertz CT molecular complexity index is 566. The summed E-state index contributed by atoms with van der Waals surface area (Å²) in [6, 6.07) is 2.66. The second-order valence-corrected chi connectivity index (χ2v) is 4.99. The van der Waals surface area contributed by atoms with Gasteiger partial charge in [-0.3, -0.25) is 0 Å². The SMILES string of the molecule is CC(N)Cc1ncc(-c2cc(F)c(Cl)cc2Cl)[nH]1. The van der Waals surface area contributed by atoms with Crippen LogP contribution >= 0.6 is 23.2 Å². The number of benzene rings is 1. The molecule has 2 rings (SSSR count). The van der Waals surface area contributed by atoms with Crippen molar-refractivity contribution in [3.8, 4) is 11.3 Å². The minimum Gasteiger partial charge on any atom is -0.342 e. The van der Waals surface area contributed by atoms with Crippen LogP contribution in [0.2, 0.25) is 10.0 Å². The molecule has 0 aliphatic heterocycles. The van der Waals surface area contributed by atoms with E-state index in [0.29, 0.717) is 22.7 Å². The summed E-state index contributed by atoms with van der Waals surface area (Å²) in [7, 11) is 0. The van der Waals surface area contributed by atoms with Gasteiger partial charge in [0.05, 0.1) is 21.9 Å². The lowest BCUT2D eigenvalue weighted by Crippen LogP contribution is -2.18. The fraction of sp³-hybridized carbons (Fsp3) is 0.250. The second kappa shape index (κ2) is 5.26. The molecule has 6 heteroatoms. The zero-order valence-corrected chi connectivity index (χ0v) is 11.2. The summed E-state index contributed by atoms with van der Waals surface area (Å²) in [5.41, 5.74) is 6.86. The summed E-state index contributed by atoms with van der Waals surface area (Å²) in [6.45, 7) is 1.89. The van der Waals surface area contributed by atoms with Crippen LogP contribution in [0.4, 0.5) is 4.39 Å². The van der Waals surface area contributed by atoms with Crippen molar-refractivity contribution in [1.82, 2.24) is 9.97 Å². The number of nitrogens with two attached hydrogens (primary N) is 1. The predicted molar refractivity (Wildman–Crippen MR) is 71.4 cm³/mol. The monoisotopic (exact) mass is 287 g/mol. The van der Waals surface area contributed by atoms with E-state index in [2.05, 4.69) is 9.97 Å². The quantitative estimate of drug-likeness (QED) is 0.850. The molecule has 0 spiro atoms. The van der Waals surface area contributed by atoms with Gasteiger partial charge < -0.3 is 10.7 Å². The lowest BCUT2D eigenvalue weighted by Gasteiger charge is -2.04. The number of imidazole rings is 1. The lowest BCUT2D eigenvalue weighted by atomic mass is 10.1. The molecule has 2 aromatic rings. The average Bonchev–Trinajstić information content (AvgIpc) is 2.70. The zero-order chi connectivity index (χ0) is 13.3. The molecule has 0 saturated heterocycles. The third kappa shape index (κ3) is 2.83. The van der Waals surface area contributed by atoms with E-state index < -0.39 is 5.82 Å². The van der Waals surface area contributed by atoms with Crippen molar-refractivity contribution >= 4 is 23.2 Å². The molecule has 1 atom stereocenters. The first-order valence-corrected chi connectivity index (χ1v) is 6.17. The minimum atomic E-state index is -0.514. The molecule has 0 bridgehead atoms. The number of hydrogen-bond acceptors (Lipinski definition) is 2. The molecule has 0 radical (unpaired) electrons.